The summed E-state index contributed by atoms with van der Waals surface area (Å²) in [5.41, 5.74) is -0.0825. The molecule has 8 heteroatoms. The van der Waals surface area contributed by atoms with Gasteiger partial charge in [0.1, 0.15) is 0 Å². The van der Waals surface area contributed by atoms with Gasteiger partial charge in [0.15, 0.2) is 5.82 Å². The number of anilines is 1. The zero-order chi connectivity index (χ0) is 15.4. The number of aromatic nitrogens is 4. The van der Waals surface area contributed by atoms with Crippen molar-refractivity contribution in [2.75, 3.05) is 37.6 Å². The Kier molecular flexibility index (Phi) is 4.38. The lowest BCUT2D eigenvalue weighted by molar-refractivity contribution is 0.241. The highest BCUT2D eigenvalue weighted by molar-refractivity contribution is 5.29. The molecule has 0 unspecified atom stereocenters. The van der Waals surface area contributed by atoms with Gasteiger partial charge in [0.05, 0.1) is 18.9 Å². The van der Waals surface area contributed by atoms with Crippen LogP contribution in [0, 0.1) is 5.82 Å². The Morgan fingerprint density at radius 3 is 2.50 bits per heavy atom. The normalized spacial score (nSPS) is 16.0. The van der Waals surface area contributed by atoms with Crippen LogP contribution in [0.4, 0.5) is 10.3 Å². The summed E-state index contributed by atoms with van der Waals surface area (Å²) >= 11 is 0. The maximum atomic E-state index is 12.8. The second kappa shape index (κ2) is 6.61. The summed E-state index contributed by atoms with van der Waals surface area (Å²) in [5, 5.41) is 4.05. The van der Waals surface area contributed by atoms with Crippen LogP contribution in [0.3, 0.4) is 0 Å². The standard InChI is InChI=1S/C14H17FN6O/c15-12-10-16-14(17-11-12)20-7-4-19(5-8-20)6-9-21-13(22)2-1-3-18-21/h1-3,10-11H,4-9H2. The highest BCUT2D eigenvalue weighted by atomic mass is 19.1. The van der Waals surface area contributed by atoms with Gasteiger partial charge in [-0.3, -0.25) is 9.69 Å². The van der Waals surface area contributed by atoms with Crippen LogP contribution in [0.5, 0.6) is 0 Å². The Labute approximate surface area is 127 Å². The second-order valence-corrected chi connectivity index (χ2v) is 5.12. The van der Waals surface area contributed by atoms with Gasteiger partial charge in [0.2, 0.25) is 5.95 Å². The van der Waals surface area contributed by atoms with Crippen molar-refractivity contribution >= 4 is 5.95 Å². The lowest BCUT2D eigenvalue weighted by atomic mass is 10.3. The van der Waals surface area contributed by atoms with Gasteiger partial charge in [0.25, 0.3) is 5.56 Å². The van der Waals surface area contributed by atoms with Gasteiger partial charge in [-0.25, -0.2) is 19.0 Å². The van der Waals surface area contributed by atoms with Gasteiger partial charge >= 0.3 is 0 Å². The topological polar surface area (TPSA) is 67.2 Å². The van der Waals surface area contributed by atoms with Crippen LogP contribution in [0.25, 0.3) is 0 Å². The van der Waals surface area contributed by atoms with Crippen molar-refractivity contribution in [2.45, 2.75) is 6.54 Å². The lowest BCUT2D eigenvalue weighted by Crippen LogP contribution is -2.48. The quantitative estimate of drug-likeness (QED) is 0.792. The van der Waals surface area contributed by atoms with E-state index in [0.717, 1.165) is 32.7 Å². The van der Waals surface area contributed by atoms with Crippen LogP contribution in [-0.4, -0.2) is 57.4 Å². The average molecular weight is 304 g/mol. The first-order chi connectivity index (χ1) is 10.7. The van der Waals surface area contributed by atoms with Crippen molar-refractivity contribution in [3.63, 3.8) is 0 Å². The number of rotatable bonds is 4. The molecule has 22 heavy (non-hydrogen) atoms. The number of hydrogen-bond acceptors (Lipinski definition) is 6. The van der Waals surface area contributed by atoms with Gasteiger partial charge in [-0.2, -0.15) is 5.10 Å². The Bertz CT molecular complexity index is 666. The third-order valence-electron chi connectivity index (χ3n) is 3.68. The summed E-state index contributed by atoms with van der Waals surface area (Å²) in [4.78, 5) is 23.9. The number of halogens is 1. The Hall–Kier alpha value is -2.35. The molecule has 1 saturated heterocycles. The van der Waals surface area contributed by atoms with Crippen molar-refractivity contribution < 1.29 is 4.39 Å². The molecular weight excluding hydrogens is 287 g/mol. The molecule has 3 rings (SSSR count). The number of nitrogens with zero attached hydrogens (tertiary/aromatic N) is 6. The Morgan fingerprint density at radius 1 is 1.09 bits per heavy atom. The van der Waals surface area contributed by atoms with Gasteiger partial charge in [-0.1, -0.05) is 0 Å². The van der Waals surface area contributed by atoms with Gasteiger partial charge in [-0.15, -0.1) is 0 Å². The molecule has 0 amide bonds. The van der Waals surface area contributed by atoms with Crippen LogP contribution in [0.2, 0.25) is 0 Å². The average Bonchev–Trinajstić information content (AvgIpc) is 2.55. The molecule has 0 N–H and O–H groups in total. The molecule has 1 fully saturated rings. The molecule has 0 atom stereocenters. The first-order valence-electron chi connectivity index (χ1n) is 7.19. The van der Waals surface area contributed by atoms with E-state index >= 15 is 0 Å². The minimum atomic E-state index is -0.428. The SMILES string of the molecule is O=c1cccnn1CCN1CCN(c2ncc(F)cn2)CC1. The molecular formula is C14H17FN6O. The van der Waals surface area contributed by atoms with E-state index in [9.17, 15) is 9.18 Å². The molecule has 1 aliphatic heterocycles. The van der Waals surface area contributed by atoms with Crippen molar-refractivity contribution in [3.8, 4) is 0 Å². The van der Waals surface area contributed by atoms with Crippen molar-refractivity contribution in [3.05, 3.63) is 46.9 Å². The van der Waals surface area contributed by atoms with Gasteiger partial charge in [-0.05, 0) is 6.07 Å². The smallest absolute Gasteiger partial charge is 0.266 e. The summed E-state index contributed by atoms with van der Waals surface area (Å²) in [5.74, 6) is 0.130. The molecule has 7 nitrogen and oxygen atoms in total. The molecule has 0 radical (unpaired) electrons. The van der Waals surface area contributed by atoms with Crippen LogP contribution < -0.4 is 10.5 Å². The fraction of sp³-hybridized carbons (Fsp3) is 0.429. The zero-order valence-corrected chi connectivity index (χ0v) is 12.1. The summed E-state index contributed by atoms with van der Waals surface area (Å²) < 4.78 is 14.3. The van der Waals surface area contributed by atoms with E-state index in [4.69, 9.17) is 0 Å². The molecule has 2 aromatic rings. The number of piperazine rings is 1. The molecule has 0 spiro atoms. The van der Waals surface area contributed by atoms with E-state index in [0.29, 0.717) is 12.5 Å². The monoisotopic (exact) mass is 304 g/mol. The minimum absolute atomic E-state index is 0.0825. The molecule has 0 saturated carbocycles. The summed E-state index contributed by atoms with van der Waals surface area (Å²) in [6, 6.07) is 3.15. The highest BCUT2D eigenvalue weighted by Crippen LogP contribution is 2.10. The summed E-state index contributed by atoms with van der Waals surface area (Å²) in [6.45, 7) is 4.61. The summed E-state index contributed by atoms with van der Waals surface area (Å²) in [6.07, 6.45) is 3.98. The summed E-state index contributed by atoms with van der Waals surface area (Å²) in [7, 11) is 0. The van der Waals surface area contributed by atoms with E-state index < -0.39 is 5.82 Å². The van der Waals surface area contributed by atoms with Crippen LogP contribution in [0.15, 0.2) is 35.5 Å². The third kappa shape index (κ3) is 3.45. The fourth-order valence-electron chi connectivity index (χ4n) is 2.43. The van der Waals surface area contributed by atoms with E-state index in [-0.39, 0.29) is 5.56 Å². The molecule has 0 bridgehead atoms. The van der Waals surface area contributed by atoms with Crippen molar-refractivity contribution in [1.82, 2.24) is 24.6 Å². The number of hydrogen-bond donors (Lipinski definition) is 0. The van der Waals surface area contributed by atoms with E-state index in [1.807, 2.05) is 4.90 Å². The highest BCUT2D eigenvalue weighted by Gasteiger charge is 2.18. The molecule has 116 valence electrons. The second-order valence-electron chi connectivity index (χ2n) is 5.12. The van der Waals surface area contributed by atoms with Crippen molar-refractivity contribution in [1.29, 1.82) is 0 Å². The van der Waals surface area contributed by atoms with E-state index in [1.165, 1.54) is 23.1 Å². The fourth-order valence-corrected chi connectivity index (χ4v) is 2.43. The molecule has 0 aromatic carbocycles. The minimum Gasteiger partial charge on any atom is -0.338 e. The first-order valence-corrected chi connectivity index (χ1v) is 7.19. The zero-order valence-electron chi connectivity index (χ0n) is 12.1. The Balaban J connectivity index is 1.51. The van der Waals surface area contributed by atoms with E-state index in [2.05, 4.69) is 20.0 Å². The molecule has 2 aromatic heterocycles. The molecule has 3 heterocycles. The van der Waals surface area contributed by atoms with Crippen molar-refractivity contribution in [2.24, 2.45) is 0 Å². The Morgan fingerprint density at radius 2 is 1.82 bits per heavy atom. The van der Waals surface area contributed by atoms with E-state index in [1.54, 1.807) is 12.3 Å². The first kappa shape index (κ1) is 14.6. The largest absolute Gasteiger partial charge is 0.338 e. The maximum Gasteiger partial charge on any atom is 0.266 e. The maximum absolute atomic E-state index is 12.8. The molecule has 0 aliphatic carbocycles. The van der Waals surface area contributed by atoms with Gasteiger partial charge < -0.3 is 4.90 Å². The van der Waals surface area contributed by atoms with Gasteiger partial charge in [0, 0.05) is 45.0 Å². The predicted molar refractivity (Wildman–Crippen MR) is 79.1 cm³/mol. The molecule has 1 aliphatic rings. The third-order valence-corrected chi connectivity index (χ3v) is 3.68. The predicted octanol–water partition coefficient (Wildman–Crippen LogP) is -0.00540. The van der Waals surface area contributed by atoms with Crippen LogP contribution in [0.1, 0.15) is 0 Å². The lowest BCUT2D eigenvalue weighted by Gasteiger charge is -2.34. The van der Waals surface area contributed by atoms with Crippen LogP contribution >= 0.6 is 0 Å². The van der Waals surface area contributed by atoms with Crippen LogP contribution in [-0.2, 0) is 6.54 Å².